The van der Waals surface area contributed by atoms with Crippen molar-refractivity contribution in [2.75, 3.05) is 0 Å². The monoisotopic (exact) mass is 541 g/mol. The summed E-state index contributed by atoms with van der Waals surface area (Å²) in [5.41, 5.74) is -1.45. The molecule has 0 unspecified atom stereocenters. The number of aromatic nitrogens is 2. The van der Waals surface area contributed by atoms with Crippen molar-refractivity contribution < 1.29 is 30.4 Å². The molecular formula is C24H17ClF5N3O2S. The van der Waals surface area contributed by atoms with Crippen LogP contribution in [0.15, 0.2) is 83.8 Å². The highest BCUT2D eigenvalue weighted by molar-refractivity contribution is 7.89. The smallest absolute Gasteiger partial charge is 0.257 e. The lowest BCUT2D eigenvalue weighted by Crippen LogP contribution is -2.36. The third-order valence-electron chi connectivity index (χ3n) is 5.37. The number of benzene rings is 3. The van der Waals surface area contributed by atoms with Gasteiger partial charge in [-0.2, -0.15) is 27.1 Å². The normalized spacial score (nSPS) is 12.6. The lowest BCUT2D eigenvalue weighted by atomic mass is 9.96. The Hall–Kier alpha value is -3.28. The van der Waals surface area contributed by atoms with Crippen LogP contribution in [-0.4, -0.2) is 24.4 Å². The number of nitrogens with zero attached hydrogens (tertiary/aromatic N) is 2. The summed E-state index contributed by atoms with van der Waals surface area (Å²) >= 11 is 5.91. The third kappa shape index (κ3) is 4.99. The fourth-order valence-electron chi connectivity index (χ4n) is 3.68. The fraction of sp³-hybridized carbons (Fsp3) is 0.125. The second-order valence-electron chi connectivity index (χ2n) is 7.86. The van der Waals surface area contributed by atoms with Gasteiger partial charge in [-0.05, 0) is 35.4 Å². The molecular weight excluding hydrogens is 525 g/mol. The predicted molar refractivity (Wildman–Crippen MR) is 125 cm³/mol. The van der Waals surface area contributed by atoms with E-state index in [9.17, 15) is 21.6 Å². The average molecular weight is 542 g/mol. The molecule has 12 heteroatoms. The van der Waals surface area contributed by atoms with E-state index in [0.717, 1.165) is 12.1 Å². The molecule has 5 nitrogen and oxygen atoms in total. The van der Waals surface area contributed by atoms with Gasteiger partial charge in [0.25, 0.3) is 0 Å². The molecule has 4 aromatic rings. The molecule has 0 atom stereocenters. The zero-order chi connectivity index (χ0) is 26.3. The second-order valence-corrected chi connectivity index (χ2v) is 9.86. The van der Waals surface area contributed by atoms with Crippen molar-refractivity contribution in [2.45, 2.75) is 23.5 Å². The molecule has 3 aromatic carbocycles. The first-order valence-corrected chi connectivity index (χ1v) is 12.2. The predicted octanol–water partition coefficient (Wildman–Crippen LogP) is 6.22. The summed E-state index contributed by atoms with van der Waals surface area (Å²) in [7, 11) is -4.06. The van der Waals surface area contributed by atoms with Gasteiger partial charge < -0.3 is 0 Å². The summed E-state index contributed by atoms with van der Waals surface area (Å²) in [6, 6.07) is 18.1. The minimum Gasteiger partial charge on any atom is -0.257 e. The Morgan fingerprint density at radius 3 is 1.92 bits per heavy atom. The van der Waals surface area contributed by atoms with Gasteiger partial charge in [-0.15, -0.1) is 0 Å². The number of hydrogen-bond donors (Lipinski definition) is 1. The van der Waals surface area contributed by atoms with Crippen molar-refractivity contribution in [3.8, 4) is 22.4 Å². The molecule has 0 aliphatic carbocycles. The SMILES string of the molecule is NS(=O)(=O)c1ccc(-c2nn(Cc3ccccc3)c(C(F)(F)C(F)(F)F)c2-c2ccc(Cl)cc2)cc1. The van der Waals surface area contributed by atoms with Gasteiger partial charge >= 0.3 is 12.1 Å². The zero-order valence-electron chi connectivity index (χ0n) is 18.2. The number of alkyl halides is 5. The summed E-state index contributed by atoms with van der Waals surface area (Å²) in [4.78, 5) is -0.260. The van der Waals surface area contributed by atoms with E-state index in [4.69, 9.17) is 16.7 Å². The van der Waals surface area contributed by atoms with Crippen LogP contribution < -0.4 is 5.14 Å². The zero-order valence-corrected chi connectivity index (χ0v) is 19.7. The molecule has 0 spiro atoms. The molecule has 2 N–H and O–H groups in total. The molecule has 0 saturated carbocycles. The van der Waals surface area contributed by atoms with Crippen LogP contribution in [-0.2, 0) is 22.5 Å². The molecule has 1 heterocycles. The summed E-state index contributed by atoms with van der Waals surface area (Å²) in [5.74, 6) is -5.28. The van der Waals surface area contributed by atoms with E-state index in [2.05, 4.69) is 5.10 Å². The number of nitrogens with two attached hydrogens (primary N) is 1. The molecule has 0 fully saturated rings. The average Bonchev–Trinajstić information content (AvgIpc) is 3.18. The third-order valence-corrected chi connectivity index (χ3v) is 6.55. The minimum atomic E-state index is -5.92. The molecule has 188 valence electrons. The standard InChI is InChI=1S/C24H17ClF5N3O2S/c25-18-10-6-16(7-11-18)20-21(17-8-12-19(13-9-17)36(31,34)35)32-33(14-15-4-2-1-3-5-15)22(20)23(26,27)24(28,29)30/h1-13H,14H2,(H2,31,34,35). The molecule has 0 radical (unpaired) electrons. The summed E-state index contributed by atoms with van der Waals surface area (Å²) in [5, 5.41) is 9.53. The number of hydrogen-bond acceptors (Lipinski definition) is 3. The fourth-order valence-corrected chi connectivity index (χ4v) is 4.32. The molecule has 1 aromatic heterocycles. The Bertz CT molecular complexity index is 1490. The van der Waals surface area contributed by atoms with Crippen LogP contribution >= 0.6 is 11.6 Å². The van der Waals surface area contributed by atoms with Crippen LogP contribution in [0.4, 0.5) is 22.0 Å². The summed E-state index contributed by atoms with van der Waals surface area (Å²) < 4.78 is 95.2. The maximum Gasteiger partial charge on any atom is 0.459 e. The topological polar surface area (TPSA) is 78.0 Å². The van der Waals surface area contributed by atoms with E-state index in [1.807, 2.05) is 0 Å². The van der Waals surface area contributed by atoms with Crippen molar-refractivity contribution in [1.29, 1.82) is 0 Å². The molecule has 0 bridgehead atoms. The highest BCUT2D eigenvalue weighted by Crippen LogP contribution is 2.50. The van der Waals surface area contributed by atoms with Crippen molar-refractivity contribution in [3.63, 3.8) is 0 Å². The first-order chi connectivity index (χ1) is 16.8. The Balaban J connectivity index is 2.04. The van der Waals surface area contributed by atoms with Crippen molar-refractivity contribution >= 4 is 21.6 Å². The Labute approximate surface area is 208 Å². The summed E-state index contributed by atoms with van der Waals surface area (Å²) in [6.07, 6.45) is -5.92. The van der Waals surface area contributed by atoms with E-state index < -0.39 is 33.4 Å². The molecule has 0 amide bonds. The maximum absolute atomic E-state index is 15.1. The number of halogens is 6. The van der Waals surface area contributed by atoms with E-state index in [1.54, 1.807) is 30.3 Å². The first kappa shape index (κ1) is 25.8. The van der Waals surface area contributed by atoms with Gasteiger partial charge in [-0.1, -0.05) is 66.2 Å². The quantitative estimate of drug-likeness (QED) is 0.294. The van der Waals surface area contributed by atoms with Crippen molar-refractivity contribution in [1.82, 2.24) is 9.78 Å². The van der Waals surface area contributed by atoms with Crippen LogP contribution in [0.3, 0.4) is 0 Å². The molecule has 36 heavy (non-hydrogen) atoms. The molecule has 0 aliphatic heterocycles. The first-order valence-electron chi connectivity index (χ1n) is 10.3. The van der Waals surface area contributed by atoms with Crippen molar-refractivity contribution in [3.05, 3.63) is 95.1 Å². The van der Waals surface area contributed by atoms with Gasteiger partial charge in [0.1, 0.15) is 11.4 Å². The number of rotatable bonds is 6. The highest BCUT2D eigenvalue weighted by Gasteiger charge is 2.62. The van der Waals surface area contributed by atoms with E-state index in [-0.39, 0.29) is 33.3 Å². The Kier molecular flexibility index (Phi) is 6.67. The minimum absolute atomic E-state index is 0.0168. The largest absolute Gasteiger partial charge is 0.459 e. The summed E-state index contributed by atoms with van der Waals surface area (Å²) in [6.45, 7) is -0.377. The Morgan fingerprint density at radius 2 is 1.39 bits per heavy atom. The van der Waals surface area contributed by atoms with Gasteiger partial charge in [0.15, 0.2) is 0 Å². The lowest BCUT2D eigenvalue weighted by molar-refractivity contribution is -0.291. The molecule has 4 rings (SSSR count). The van der Waals surface area contributed by atoms with E-state index in [0.29, 0.717) is 10.2 Å². The van der Waals surface area contributed by atoms with Gasteiger partial charge in [0.05, 0.1) is 11.4 Å². The maximum atomic E-state index is 15.1. The van der Waals surface area contributed by atoms with Gasteiger partial charge in [-0.25, -0.2) is 13.6 Å². The van der Waals surface area contributed by atoms with Gasteiger partial charge in [0.2, 0.25) is 10.0 Å². The van der Waals surface area contributed by atoms with E-state index in [1.165, 1.54) is 36.4 Å². The van der Waals surface area contributed by atoms with Gasteiger partial charge in [-0.3, -0.25) is 4.68 Å². The lowest BCUT2D eigenvalue weighted by Gasteiger charge is -2.22. The van der Waals surface area contributed by atoms with Crippen LogP contribution in [0.5, 0.6) is 0 Å². The highest BCUT2D eigenvalue weighted by atomic mass is 35.5. The Morgan fingerprint density at radius 1 is 0.833 bits per heavy atom. The number of sulfonamides is 1. The molecule has 0 saturated heterocycles. The van der Waals surface area contributed by atoms with Gasteiger partial charge in [0, 0.05) is 16.1 Å². The van der Waals surface area contributed by atoms with Crippen LogP contribution in [0.25, 0.3) is 22.4 Å². The second kappa shape index (κ2) is 9.30. The van der Waals surface area contributed by atoms with Crippen LogP contribution in [0.2, 0.25) is 5.02 Å². The van der Waals surface area contributed by atoms with Crippen LogP contribution in [0.1, 0.15) is 11.3 Å². The van der Waals surface area contributed by atoms with E-state index >= 15 is 8.78 Å². The molecule has 0 aliphatic rings. The van der Waals surface area contributed by atoms with Crippen molar-refractivity contribution in [2.24, 2.45) is 5.14 Å². The van der Waals surface area contributed by atoms with Crippen LogP contribution in [0, 0.1) is 0 Å². The number of primary sulfonamides is 1.